The van der Waals surface area contributed by atoms with Gasteiger partial charge in [-0.25, -0.2) is 13.2 Å². The molecule has 200 valence electrons. The number of hydrogen-bond donors (Lipinski definition) is 2. The van der Waals surface area contributed by atoms with Crippen LogP contribution in [0.4, 0.5) is 29.3 Å². The smallest absolute Gasteiger partial charge is 0.294 e. The first kappa shape index (κ1) is 27.5. The number of thioether (sulfide) groups is 1. The number of amides is 4. The van der Waals surface area contributed by atoms with Gasteiger partial charge in [0.1, 0.15) is 12.3 Å². The predicted octanol–water partition coefficient (Wildman–Crippen LogP) is 5.10. The standard InChI is InChI=1S/C27H20F3N3O5S/c1-15-2-6-17(7-3-15)31-23(35)14-38-18-8-4-16(5-9-18)12-21-26(36)33(27(37)39-21)13-22(34)32-20-11-10-19(28)24(29)25(20)30/h2-12H,13-14H2,1H3,(H,31,35)(H,32,34)/b21-12+. The number of aryl methyl sites for hydroxylation is 1. The zero-order valence-corrected chi connectivity index (χ0v) is 21.1. The minimum Gasteiger partial charge on any atom is -0.484 e. The molecule has 4 amide bonds. The van der Waals surface area contributed by atoms with E-state index in [1.54, 1.807) is 36.4 Å². The van der Waals surface area contributed by atoms with Gasteiger partial charge in [-0.05, 0) is 66.7 Å². The lowest BCUT2D eigenvalue weighted by atomic mass is 10.2. The van der Waals surface area contributed by atoms with E-state index in [0.29, 0.717) is 39.7 Å². The van der Waals surface area contributed by atoms with Gasteiger partial charge in [-0.3, -0.25) is 24.1 Å². The van der Waals surface area contributed by atoms with Crippen LogP contribution in [0.1, 0.15) is 11.1 Å². The lowest BCUT2D eigenvalue weighted by Gasteiger charge is -2.13. The number of carbonyl (C=O) groups is 4. The monoisotopic (exact) mass is 555 g/mol. The zero-order valence-electron chi connectivity index (χ0n) is 20.3. The molecule has 3 aromatic rings. The van der Waals surface area contributed by atoms with Crippen molar-refractivity contribution in [3.05, 3.63) is 94.1 Å². The van der Waals surface area contributed by atoms with Crippen molar-refractivity contribution in [1.29, 1.82) is 0 Å². The summed E-state index contributed by atoms with van der Waals surface area (Å²) in [6, 6.07) is 15.1. The number of nitrogens with one attached hydrogen (secondary N) is 2. The van der Waals surface area contributed by atoms with E-state index < -0.39 is 46.7 Å². The Morgan fingerprint density at radius 2 is 1.59 bits per heavy atom. The van der Waals surface area contributed by atoms with Crippen LogP contribution in [0.15, 0.2) is 65.6 Å². The number of anilines is 2. The van der Waals surface area contributed by atoms with Gasteiger partial charge in [0.15, 0.2) is 24.1 Å². The molecule has 2 N–H and O–H groups in total. The van der Waals surface area contributed by atoms with Crippen molar-refractivity contribution in [2.75, 3.05) is 23.8 Å². The van der Waals surface area contributed by atoms with Crippen LogP contribution in [-0.4, -0.2) is 41.0 Å². The van der Waals surface area contributed by atoms with E-state index in [1.807, 2.05) is 24.4 Å². The molecule has 0 saturated carbocycles. The summed E-state index contributed by atoms with van der Waals surface area (Å²) in [4.78, 5) is 50.0. The average Bonchev–Trinajstić information content (AvgIpc) is 3.17. The van der Waals surface area contributed by atoms with Crippen LogP contribution in [0.2, 0.25) is 0 Å². The molecule has 1 aliphatic heterocycles. The third-order valence-corrected chi connectivity index (χ3v) is 6.28. The molecule has 1 aliphatic rings. The number of ether oxygens (including phenoxy) is 1. The number of hydrogen-bond acceptors (Lipinski definition) is 6. The Morgan fingerprint density at radius 1 is 0.897 bits per heavy atom. The van der Waals surface area contributed by atoms with E-state index in [1.165, 1.54) is 6.08 Å². The highest BCUT2D eigenvalue weighted by Gasteiger charge is 2.36. The number of nitrogens with zero attached hydrogens (tertiary/aromatic N) is 1. The van der Waals surface area contributed by atoms with Gasteiger partial charge in [0, 0.05) is 5.69 Å². The average molecular weight is 556 g/mol. The SMILES string of the molecule is Cc1ccc(NC(=O)COc2ccc(/C=C3/SC(=O)N(CC(=O)Nc4ccc(F)c(F)c4F)C3=O)cc2)cc1. The third-order valence-electron chi connectivity index (χ3n) is 5.37. The molecule has 8 nitrogen and oxygen atoms in total. The van der Waals surface area contributed by atoms with Gasteiger partial charge in [0.05, 0.1) is 10.6 Å². The van der Waals surface area contributed by atoms with Gasteiger partial charge in [-0.2, -0.15) is 0 Å². The summed E-state index contributed by atoms with van der Waals surface area (Å²) in [7, 11) is 0. The van der Waals surface area contributed by atoms with Crippen molar-refractivity contribution in [3.63, 3.8) is 0 Å². The fourth-order valence-electron chi connectivity index (χ4n) is 3.39. The number of benzene rings is 3. The van der Waals surface area contributed by atoms with Gasteiger partial charge in [0.25, 0.3) is 17.1 Å². The molecule has 39 heavy (non-hydrogen) atoms. The molecule has 0 bridgehead atoms. The molecule has 1 saturated heterocycles. The van der Waals surface area contributed by atoms with Crippen LogP contribution in [0.5, 0.6) is 5.75 Å². The Morgan fingerprint density at radius 3 is 2.28 bits per heavy atom. The van der Waals surface area contributed by atoms with Crippen molar-refractivity contribution in [1.82, 2.24) is 4.90 Å². The van der Waals surface area contributed by atoms with Crippen molar-refractivity contribution in [3.8, 4) is 5.75 Å². The van der Waals surface area contributed by atoms with E-state index in [0.717, 1.165) is 11.6 Å². The Balaban J connectivity index is 1.32. The normalized spacial score (nSPS) is 14.1. The molecule has 0 atom stereocenters. The molecule has 0 spiro atoms. The summed E-state index contributed by atoms with van der Waals surface area (Å²) < 4.78 is 45.7. The molecule has 0 aromatic heterocycles. The van der Waals surface area contributed by atoms with E-state index in [9.17, 15) is 32.3 Å². The first-order valence-corrected chi connectivity index (χ1v) is 12.2. The zero-order chi connectivity index (χ0) is 28.1. The van der Waals surface area contributed by atoms with Gasteiger partial charge < -0.3 is 15.4 Å². The Labute approximate surface area is 224 Å². The molecule has 4 rings (SSSR count). The van der Waals surface area contributed by atoms with E-state index in [4.69, 9.17) is 4.74 Å². The molecule has 1 heterocycles. The summed E-state index contributed by atoms with van der Waals surface area (Å²) in [5.41, 5.74) is 1.63. The third kappa shape index (κ3) is 6.85. The molecule has 3 aromatic carbocycles. The molecule has 12 heteroatoms. The van der Waals surface area contributed by atoms with Crippen LogP contribution >= 0.6 is 11.8 Å². The molecule has 1 fully saturated rings. The molecule has 0 aliphatic carbocycles. The van der Waals surface area contributed by atoms with Gasteiger partial charge in [-0.1, -0.05) is 29.8 Å². The topological polar surface area (TPSA) is 105 Å². The van der Waals surface area contributed by atoms with Gasteiger partial charge in [0.2, 0.25) is 5.91 Å². The fraction of sp³-hybridized carbons (Fsp3) is 0.111. The van der Waals surface area contributed by atoms with Crippen LogP contribution in [-0.2, 0) is 14.4 Å². The van der Waals surface area contributed by atoms with Gasteiger partial charge in [-0.15, -0.1) is 0 Å². The van der Waals surface area contributed by atoms with E-state index >= 15 is 0 Å². The van der Waals surface area contributed by atoms with Crippen LogP contribution < -0.4 is 15.4 Å². The Bertz CT molecular complexity index is 1480. The van der Waals surface area contributed by atoms with Crippen molar-refractivity contribution < 1.29 is 37.1 Å². The summed E-state index contributed by atoms with van der Waals surface area (Å²) in [5, 5.41) is 4.00. The highest BCUT2D eigenvalue weighted by atomic mass is 32.2. The van der Waals surface area contributed by atoms with Crippen molar-refractivity contribution in [2.24, 2.45) is 0 Å². The highest BCUT2D eigenvalue weighted by molar-refractivity contribution is 8.18. The number of rotatable bonds is 8. The molecule has 0 unspecified atom stereocenters. The molecule has 0 radical (unpaired) electrons. The Hall–Kier alpha value is -4.58. The van der Waals surface area contributed by atoms with Crippen LogP contribution in [0, 0.1) is 24.4 Å². The Kier molecular flexibility index (Phi) is 8.35. The minimum atomic E-state index is -1.76. The number of halogens is 3. The minimum absolute atomic E-state index is 0.0398. The maximum atomic E-state index is 13.8. The van der Waals surface area contributed by atoms with Crippen molar-refractivity contribution in [2.45, 2.75) is 6.92 Å². The van der Waals surface area contributed by atoms with Crippen LogP contribution in [0.25, 0.3) is 6.08 Å². The number of carbonyl (C=O) groups excluding carboxylic acids is 4. The predicted molar refractivity (Wildman–Crippen MR) is 139 cm³/mol. The molecular formula is C27H20F3N3O5S. The first-order valence-electron chi connectivity index (χ1n) is 11.4. The summed E-state index contributed by atoms with van der Waals surface area (Å²) in [6.07, 6.45) is 1.44. The maximum Gasteiger partial charge on any atom is 0.294 e. The van der Waals surface area contributed by atoms with Crippen molar-refractivity contribution >= 4 is 52.2 Å². The maximum absolute atomic E-state index is 13.8. The highest BCUT2D eigenvalue weighted by Crippen LogP contribution is 2.32. The molecular weight excluding hydrogens is 535 g/mol. The largest absolute Gasteiger partial charge is 0.484 e. The summed E-state index contributed by atoms with van der Waals surface area (Å²) >= 11 is 0.603. The number of imide groups is 1. The summed E-state index contributed by atoms with van der Waals surface area (Å²) in [5.74, 6) is -6.45. The quantitative estimate of drug-likeness (QED) is 0.296. The second-order valence-corrected chi connectivity index (χ2v) is 9.30. The first-order chi connectivity index (χ1) is 18.6. The van der Waals surface area contributed by atoms with E-state index in [2.05, 4.69) is 5.32 Å². The van der Waals surface area contributed by atoms with Crippen LogP contribution in [0.3, 0.4) is 0 Å². The second kappa shape index (κ2) is 11.9. The lowest BCUT2D eigenvalue weighted by molar-refractivity contribution is -0.127. The fourth-order valence-corrected chi connectivity index (χ4v) is 4.22. The van der Waals surface area contributed by atoms with Gasteiger partial charge >= 0.3 is 0 Å². The second-order valence-electron chi connectivity index (χ2n) is 8.31. The summed E-state index contributed by atoms with van der Waals surface area (Å²) in [6.45, 7) is 0.966. The lowest BCUT2D eigenvalue weighted by Crippen LogP contribution is -2.36. The van der Waals surface area contributed by atoms with E-state index in [-0.39, 0.29) is 17.4 Å².